The van der Waals surface area contributed by atoms with Crippen LogP contribution in [0.5, 0.6) is 5.75 Å². The zero-order valence-electron chi connectivity index (χ0n) is 14.4. The van der Waals surface area contributed by atoms with Gasteiger partial charge in [-0.3, -0.25) is 4.79 Å². The van der Waals surface area contributed by atoms with Crippen molar-refractivity contribution in [3.63, 3.8) is 0 Å². The van der Waals surface area contributed by atoms with Gasteiger partial charge in [0.1, 0.15) is 5.75 Å². The molecule has 1 aromatic rings. The molecule has 138 valence electrons. The summed E-state index contributed by atoms with van der Waals surface area (Å²) in [6, 6.07) is 5.20. The van der Waals surface area contributed by atoms with Gasteiger partial charge in [-0.05, 0) is 49.9 Å². The molecule has 1 amide bonds. The van der Waals surface area contributed by atoms with Crippen LogP contribution in [-0.2, 0) is 14.6 Å². The van der Waals surface area contributed by atoms with Crippen molar-refractivity contribution in [2.45, 2.75) is 51.1 Å². The molecule has 2 aliphatic rings. The van der Waals surface area contributed by atoms with Crippen LogP contribution in [-0.4, -0.2) is 49.4 Å². The standard InChI is InChI=1S/C18H24ClNO4S/c1-13-10-14(19)6-7-17(13)24-11-18(21)20(15-4-2-3-5-15)16-8-9-25(22,23)12-16/h6-7,10,15-16H,2-5,8-9,11-12H2,1H3. The van der Waals surface area contributed by atoms with E-state index in [1.165, 1.54) is 0 Å². The fourth-order valence-electron chi connectivity index (χ4n) is 3.87. The Bertz CT molecular complexity index is 743. The summed E-state index contributed by atoms with van der Waals surface area (Å²) in [5.74, 6) is 0.757. The van der Waals surface area contributed by atoms with Crippen LogP contribution in [0.4, 0.5) is 0 Å². The summed E-state index contributed by atoms with van der Waals surface area (Å²) < 4.78 is 29.4. The van der Waals surface area contributed by atoms with Crippen molar-refractivity contribution in [3.05, 3.63) is 28.8 Å². The Hall–Kier alpha value is -1.27. The number of amides is 1. The third-order valence-electron chi connectivity index (χ3n) is 5.10. The molecule has 3 rings (SSSR count). The van der Waals surface area contributed by atoms with Gasteiger partial charge < -0.3 is 9.64 Å². The summed E-state index contributed by atoms with van der Waals surface area (Å²) >= 11 is 5.94. The molecule has 1 aliphatic heterocycles. The normalized spacial score (nSPS) is 22.9. The monoisotopic (exact) mass is 385 g/mol. The molecule has 0 bridgehead atoms. The molecule has 2 fully saturated rings. The highest BCUT2D eigenvalue weighted by atomic mass is 35.5. The molecule has 1 saturated heterocycles. The predicted octanol–water partition coefficient (Wildman–Crippen LogP) is 2.99. The molecule has 0 N–H and O–H groups in total. The molecule has 7 heteroatoms. The average molecular weight is 386 g/mol. The van der Waals surface area contributed by atoms with E-state index in [9.17, 15) is 13.2 Å². The number of carbonyl (C=O) groups excluding carboxylic acids is 1. The summed E-state index contributed by atoms with van der Waals surface area (Å²) in [6.07, 6.45) is 4.60. The first kappa shape index (κ1) is 18.5. The lowest BCUT2D eigenvalue weighted by Gasteiger charge is -2.34. The Balaban J connectivity index is 1.70. The fourth-order valence-corrected chi connectivity index (χ4v) is 5.81. The fraction of sp³-hybridized carbons (Fsp3) is 0.611. The van der Waals surface area contributed by atoms with E-state index in [-0.39, 0.29) is 36.1 Å². The zero-order chi connectivity index (χ0) is 18.0. The van der Waals surface area contributed by atoms with Gasteiger partial charge in [0.25, 0.3) is 5.91 Å². The number of hydrogen-bond acceptors (Lipinski definition) is 4. The Morgan fingerprint density at radius 3 is 2.56 bits per heavy atom. The van der Waals surface area contributed by atoms with E-state index >= 15 is 0 Å². The van der Waals surface area contributed by atoms with Crippen LogP contribution in [0.3, 0.4) is 0 Å². The molecule has 25 heavy (non-hydrogen) atoms. The van der Waals surface area contributed by atoms with Crippen LogP contribution in [0, 0.1) is 6.92 Å². The van der Waals surface area contributed by atoms with Gasteiger partial charge >= 0.3 is 0 Å². The largest absolute Gasteiger partial charge is 0.483 e. The lowest BCUT2D eigenvalue weighted by atomic mass is 10.1. The van der Waals surface area contributed by atoms with Crippen LogP contribution in [0.25, 0.3) is 0 Å². The molecule has 1 heterocycles. The lowest BCUT2D eigenvalue weighted by molar-refractivity contribution is -0.137. The van der Waals surface area contributed by atoms with Gasteiger partial charge in [0, 0.05) is 17.1 Å². The predicted molar refractivity (Wildman–Crippen MR) is 97.8 cm³/mol. The van der Waals surface area contributed by atoms with Gasteiger partial charge in [0.15, 0.2) is 16.4 Å². The molecular weight excluding hydrogens is 362 g/mol. The molecular formula is C18H24ClNO4S. The van der Waals surface area contributed by atoms with Gasteiger partial charge in [-0.1, -0.05) is 24.4 Å². The first-order chi connectivity index (χ1) is 11.9. The number of aryl methyl sites for hydroxylation is 1. The number of halogens is 1. The van der Waals surface area contributed by atoms with Crippen LogP contribution in [0.2, 0.25) is 5.02 Å². The summed E-state index contributed by atoms with van der Waals surface area (Å²) in [6.45, 7) is 1.81. The number of hydrogen-bond donors (Lipinski definition) is 0. The second-order valence-corrected chi connectivity index (χ2v) is 9.66. The van der Waals surface area contributed by atoms with Crippen LogP contribution >= 0.6 is 11.6 Å². The Morgan fingerprint density at radius 1 is 1.24 bits per heavy atom. The Morgan fingerprint density at radius 2 is 1.96 bits per heavy atom. The number of ether oxygens (including phenoxy) is 1. The molecule has 1 aromatic carbocycles. The van der Waals surface area contributed by atoms with Crippen molar-refractivity contribution in [1.82, 2.24) is 4.90 Å². The molecule has 0 radical (unpaired) electrons. The number of nitrogens with zero attached hydrogens (tertiary/aromatic N) is 1. The zero-order valence-corrected chi connectivity index (χ0v) is 16.0. The smallest absolute Gasteiger partial charge is 0.261 e. The summed E-state index contributed by atoms with van der Waals surface area (Å²) in [5, 5.41) is 0.625. The molecule has 1 saturated carbocycles. The Labute approximate surface area is 154 Å². The number of rotatable bonds is 5. The van der Waals surface area contributed by atoms with Crippen LogP contribution < -0.4 is 4.74 Å². The summed E-state index contributed by atoms with van der Waals surface area (Å²) in [5.41, 5.74) is 0.871. The van der Waals surface area contributed by atoms with E-state index < -0.39 is 9.84 Å². The van der Waals surface area contributed by atoms with E-state index in [0.29, 0.717) is 17.2 Å². The average Bonchev–Trinajstić information content (AvgIpc) is 3.17. The second kappa shape index (κ2) is 7.54. The molecule has 1 aliphatic carbocycles. The van der Waals surface area contributed by atoms with Crippen molar-refractivity contribution in [1.29, 1.82) is 0 Å². The second-order valence-electron chi connectivity index (χ2n) is 6.99. The van der Waals surface area contributed by atoms with Gasteiger partial charge in [-0.15, -0.1) is 0 Å². The van der Waals surface area contributed by atoms with Gasteiger partial charge in [-0.25, -0.2) is 8.42 Å². The third-order valence-corrected chi connectivity index (χ3v) is 7.08. The number of carbonyl (C=O) groups is 1. The molecule has 5 nitrogen and oxygen atoms in total. The molecule has 1 atom stereocenters. The molecule has 0 spiro atoms. The highest BCUT2D eigenvalue weighted by molar-refractivity contribution is 7.91. The van der Waals surface area contributed by atoms with Crippen molar-refractivity contribution in [3.8, 4) is 5.75 Å². The highest BCUT2D eigenvalue weighted by Gasteiger charge is 2.39. The minimum atomic E-state index is -3.03. The van der Waals surface area contributed by atoms with E-state index in [2.05, 4.69) is 0 Å². The first-order valence-electron chi connectivity index (χ1n) is 8.76. The van der Waals surface area contributed by atoms with Gasteiger partial charge in [0.2, 0.25) is 0 Å². The van der Waals surface area contributed by atoms with Gasteiger partial charge in [-0.2, -0.15) is 0 Å². The maximum atomic E-state index is 12.9. The topological polar surface area (TPSA) is 63.7 Å². The van der Waals surface area contributed by atoms with Crippen LogP contribution in [0.15, 0.2) is 18.2 Å². The number of sulfone groups is 1. The maximum Gasteiger partial charge on any atom is 0.261 e. The highest BCUT2D eigenvalue weighted by Crippen LogP contribution is 2.29. The first-order valence-corrected chi connectivity index (χ1v) is 11.0. The minimum absolute atomic E-state index is 0.0739. The van der Waals surface area contributed by atoms with Gasteiger partial charge in [0.05, 0.1) is 11.5 Å². The number of benzene rings is 1. The SMILES string of the molecule is Cc1cc(Cl)ccc1OCC(=O)N(C1CCCC1)C1CCS(=O)(=O)C1. The van der Waals surface area contributed by atoms with E-state index in [0.717, 1.165) is 31.2 Å². The summed E-state index contributed by atoms with van der Waals surface area (Å²) in [4.78, 5) is 14.7. The van der Waals surface area contributed by atoms with Crippen molar-refractivity contribution in [2.24, 2.45) is 0 Å². The van der Waals surface area contributed by atoms with E-state index in [1.54, 1.807) is 18.2 Å². The third kappa shape index (κ3) is 4.47. The lowest BCUT2D eigenvalue weighted by Crippen LogP contribution is -2.48. The quantitative estimate of drug-likeness (QED) is 0.781. The maximum absolute atomic E-state index is 12.9. The summed E-state index contributed by atoms with van der Waals surface area (Å²) in [7, 11) is -3.03. The van der Waals surface area contributed by atoms with Crippen molar-refractivity contribution in [2.75, 3.05) is 18.1 Å². The Kier molecular flexibility index (Phi) is 5.58. The van der Waals surface area contributed by atoms with E-state index in [1.807, 2.05) is 11.8 Å². The van der Waals surface area contributed by atoms with Crippen molar-refractivity contribution < 1.29 is 17.9 Å². The van der Waals surface area contributed by atoms with Crippen LogP contribution in [0.1, 0.15) is 37.7 Å². The van der Waals surface area contributed by atoms with Crippen molar-refractivity contribution >= 4 is 27.3 Å². The molecule has 0 aromatic heterocycles. The van der Waals surface area contributed by atoms with E-state index in [4.69, 9.17) is 16.3 Å². The minimum Gasteiger partial charge on any atom is -0.483 e. The molecule has 1 unspecified atom stereocenters.